The van der Waals surface area contributed by atoms with Crippen molar-refractivity contribution >= 4 is 5.82 Å². The maximum atomic E-state index is 9.64. The molecular formula is C16H15N3O3. The first-order valence-corrected chi connectivity index (χ1v) is 6.72. The second-order valence-electron chi connectivity index (χ2n) is 4.61. The van der Waals surface area contributed by atoms with Gasteiger partial charge in [-0.15, -0.1) is 0 Å². The minimum absolute atomic E-state index is 0.0892. The van der Waals surface area contributed by atoms with Gasteiger partial charge >= 0.3 is 0 Å². The van der Waals surface area contributed by atoms with Crippen molar-refractivity contribution in [2.75, 3.05) is 12.4 Å². The number of aromatic hydroxyl groups is 1. The molecule has 0 saturated heterocycles. The summed E-state index contributed by atoms with van der Waals surface area (Å²) >= 11 is 0. The van der Waals surface area contributed by atoms with E-state index in [0.717, 1.165) is 11.3 Å². The van der Waals surface area contributed by atoms with Crippen molar-refractivity contribution in [1.29, 1.82) is 0 Å². The number of phenols is 1. The second-order valence-corrected chi connectivity index (χ2v) is 4.61. The number of hydrogen-bond acceptors (Lipinski definition) is 6. The molecule has 0 aliphatic heterocycles. The topological polar surface area (TPSA) is 80.4 Å². The van der Waals surface area contributed by atoms with Crippen LogP contribution in [-0.4, -0.2) is 22.2 Å². The summed E-state index contributed by atoms with van der Waals surface area (Å²) in [5.74, 6) is 1.94. The van der Waals surface area contributed by atoms with Crippen LogP contribution in [0.1, 0.15) is 5.76 Å². The van der Waals surface area contributed by atoms with Gasteiger partial charge in [0.2, 0.25) is 0 Å². The van der Waals surface area contributed by atoms with Crippen LogP contribution >= 0.6 is 0 Å². The van der Waals surface area contributed by atoms with Crippen LogP contribution < -0.4 is 10.1 Å². The van der Waals surface area contributed by atoms with E-state index < -0.39 is 0 Å². The highest BCUT2D eigenvalue weighted by Crippen LogP contribution is 2.30. The Labute approximate surface area is 127 Å². The molecule has 3 aromatic rings. The number of nitrogens with one attached hydrogen (secondary N) is 1. The van der Waals surface area contributed by atoms with Gasteiger partial charge in [0.25, 0.3) is 0 Å². The molecule has 0 saturated carbocycles. The monoisotopic (exact) mass is 297 g/mol. The number of hydrogen-bond donors (Lipinski definition) is 2. The number of methoxy groups -OCH3 is 1. The maximum Gasteiger partial charge on any atom is 0.161 e. The maximum absolute atomic E-state index is 9.64. The fraction of sp³-hybridized carbons (Fsp3) is 0.125. The molecule has 1 aromatic carbocycles. The van der Waals surface area contributed by atoms with Gasteiger partial charge in [0.05, 0.1) is 38.0 Å². The summed E-state index contributed by atoms with van der Waals surface area (Å²) in [5.41, 5.74) is 1.49. The van der Waals surface area contributed by atoms with Crippen LogP contribution in [0.2, 0.25) is 0 Å². The van der Waals surface area contributed by atoms with E-state index in [9.17, 15) is 5.11 Å². The lowest BCUT2D eigenvalue weighted by atomic mass is 10.1. The zero-order chi connectivity index (χ0) is 15.4. The third-order valence-corrected chi connectivity index (χ3v) is 3.13. The Kier molecular flexibility index (Phi) is 3.91. The number of phenolic OH excluding ortho intramolecular Hbond substituents is 1. The van der Waals surface area contributed by atoms with Crippen molar-refractivity contribution in [3.8, 4) is 22.8 Å². The second kappa shape index (κ2) is 6.17. The molecule has 6 heteroatoms. The van der Waals surface area contributed by atoms with Crippen LogP contribution in [0.15, 0.2) is 53.4 Å². The Morgan fingerprint density at radius 3 is 2.95 bits per heavy atom. The molecule has 2 aromatic heterocycles. The van der Waals surface area contributed by atoms with Crippen molar-refractivity contribution in [3.63, 3.8) is 0 Å². The Morgan fingerprint density at radius 1 is 1.27 bits per heavy atom. The molecule has 22 heavy (non-hydrogen) atoms. The van der Waals surface area contributed by atoms with Crippen LogP contribution in [-0.2, 0) is 6.54 Å². The van der Waals surface area contributed by atoms with Gasteiger partial charge in [0.15, 0.2) is 11.5 Å². The minimum Gasteiger partial charge on any atom is -0.504 e. The molecule has 0 fully saturated rings. The van der Waals surface area contributed by atoms with Gasteiger partial charge in [0.1, 0.15) is 11.6 Å². The SMILES string of the molecule is COc1cc(-c2cncc(NCc3ccco3)n2)ccc1O. The van der Waals surface area contributed by atoms with Crippen molar-refractivity contribution in [1.82, 2.24) is 9.97 Å². The Morgan fingerprint density at radius 2 is 2.18 bits per heavy atom. The van der Waals surface area contributed by atoms with Gasteiger partial charge in [-0.1, -0.05) is 0 Å². The van der Waals surface area contributed by atoms with Gasteiger partial charge in [-0.25, -0.2) is 4.98 Å². The molecule has 0 aliphatic rings. The number of furan rings is 1. The molecule has 0 unspecified atom stereocenters. The molecule has 0 atom stereocenters. The zero-order valence-corrected chi connectivity index (χ0v) is 12.0. The molecule has 112 valence electrons. The van der Waals surface area contributed by atoms with Crippen molar-refractivity contribution in [3.05, 3.63) is 54.7 Å². The van der Waals surface area contributed by atoms with Crippen molar-refractivity contribution in [2.45, 2.75) is 6.54 Å². The van der Waals surface area contributed by atoms with Crippen LogP contribution in [0.25, 0.3) is 11.3 Å². The van der Waals surface area contributed by atoms with E-state index in [4.69, 9.17) is 9.15 Å². The lowest BCUT2D eigenvalue weighted by Gasteiger charge is -2.08. The quantitative estimate of drug-likeness (QED) is 0.753. The average molecular weight is 297 g/mol. The molecule has 0 spiro atoms. The van der Waals surface area contributed by atoms with Crippen molar-refractivity contribution in [2.24, 2.45) is 0 Å². The molecule has 2 N–H and O–H groups in total. The van der Waals surface area contributed by atoms with E-state index in [1.165, 1.54) is 7.11 Å². The van der Waals surface area contributed by atoms with Crippen LogP contribution in [0, 0.1) is 0 Å². The summed E-state index contributed by atoms with van der Waals surface area (Å²) < 4.78 is 10.4. The first-order valence-electron chi connectivity index (χ1n) is 6.72. The molecule has 3 rings (SSSR count). The van der Waals surface area contributed by atoms with Crippen LogP contribution in [0.5, 0.6) is 11.5 Å². The molecule has 6 nitrogen and oxygen atoms in total. The molecule has 0 aliphatic carbocycles. The van der Waals surface area contributed by atoms with Gasteiger partial charge in [-0.3, -0.25) is 4.98 Å². The lowest BCUT2D eigenvalue weighted by molar-refractivity contribution is 0.373. The van der Waals surface area contributed by atoms with Gasteiger partial charge in [-0.2, -0.15) is 0 Å². The smallest absolute Gasteiger partial charge is 0.161 e. The number of ether oxygens (including phenoxy) is 1. The van der Waals surface area contributed by atoms with E-state index in [1.54, 1.807) is 36.9 Å². The standard InChI is InChI=1S/C16H15N3O3/c1-21-15-7-11(4-5-14(15)20)13-9-17-10-16(19-13)18-8-12-3-2-6-22-12/h2-7,9-10,20H,8H2,1H3,(H,18,19). The van der Waals surface area contributed by atoms with E-state index >= 15 is 0 Å². The number of rotatable bonds is 5. The predicted octanol–water partition coefficient (Wildman–Crippen LogP) is 3.06. The molecular weight excluding hydrogens is 282 g/mol. The highest BCUT2D eigenvalue weighted by atomic mass is 16.5. The number of anilines is 1. The molecule has 0 bridgehead atoms. The first-order chi connectivity index (χ1) is 10.8. The number of nitrogens with zero attached hydrogens (tertiary/aromatic N) is 2. The highest BCUT2D eigenvalue weighted by molar-refractivity contribution is 5.64. The summed E-state index contributed by atoms with van der Waals surface area (Å²) in [7, 11) is 1.51. The summed E-state index contributed by atoms with van der Waals surface area (Å²) in [6.45, 7) is 0.532. The van der Waals surface area contributed by atoms with Gasteiger partial charge in [-0.05, 0) is 30.3 Å². The summed E-state index contributed by atoms with van der Waals surface area (Å²) in [6.07, 6.45) is 4.93. The summed E-state index contributed by atoms with van der Waals surface area (Å²) in [4.78, 5) is 8.67. The van der Waals surface area contributed by atoms with E-state index in [1.807, 2.05) is 12.1 Å². The highest BCUT2D eigenvalue weighted by Gasteiger charge is 2.07. The minimum atomic E-state index is 0.0892. The van der Waals surface area contributed by atoms with E-state index in [-0.39, 0.29) is 5.75 Å². The Bertz CT molecular complexity index is 757. The van der Waals surface area contributed by atoms with Crippen LogP contribution in [0.4, 0.5) is 5.82 Å². The summed E-state index contributed by atoms with van der Waals surface area (Å²) in [5, 5.41) is 12.8. The zero-order valence-electron chi connectivity index (χ0n) is 12.0. The van der Waals surface area contributed by atoms with E-state index in [2.05, 4.69) is 15.3 Å². The lowest BCUT2D eigenvalue weighted by Crippen LogP contribution is -2.01. The Hall–Kier alpha value is -3.02. The molecule has 2 heterocycles. The fourth-order valence-electron chi connectivity index (χ4n) is 2.02. The van der Waals surface area contributed by atoms with Gasteiger partial charge in [0, 0.05) is 5.56 Å². The van der Waals surface area contributed by atoms with Crippen LogP contribution in [0.3, 0.4) is 0 Å². The number of benzene rings is 1. The summed E-state index contributed by atoms with van der Waals surface area (Å²) in [6, 6.07) is 8.77. The average Bonchev–Trinajstić information content (AvgIpc) is 3.07. The van der Waals surface area contributed by atoms with Crippen molar-refractivity contribution < 1.29 is 14.3 Å². The third kappa shape index (κ3) is 3.01. The van der Waals surface area contributed by atoms with Gasteiger partial charge < -0.3 is 19.6 Å². The Balaban J connectivity index is 1.81. The van der Waals surface area contributed by atoms with E-state index in [0.29, 0.717) is 23.8 Å². The number of aromatic nitrogens is 2. The molecule has 0 radical (unpaired) electrons. The first kappa shape index (κ1) is 13.9. The predicted molar refractivity (Wildman–Crippen MR) is 81.7 cm³/mol. The largest absolute Gasteiger partial charge is 0.504 e. The third-order valence-electron chi connectivity index (χ3n) is 3.13. The molecule has 0 amide bonds. The normalized spacial score (nSPS) is 10.4. The fourth-order valence-corrected chi connectivity index (χ4v) is 2.02.